The molecule has 0 aliphatic rings. The monoisotopic (exact) mass is 339 g/mol. The molecule has 0 spiro atoms. The van der Waals surface area contributed by atoms with E-state index in [0.717, 1.165) is 31.7 Å². The van der Waals surface area contributed by atoms with Crippen molar-refractivity contribution >= 4 is 23.3 Å². The van der Waals surface area contributed by atoms with E-state index in [9.17, 15) is 4.79 Å². The van der Waals surface area contributed by atoms with Gasteiger partial charge in [0.05, 0.1) is 0 Å². The number of rotatable bonds is 11. The third-order valence-corrected chi connectivity index (χ3v) is 3.95. The molecule has 0 saturated heterocycles. The van der Waals surface area contributed by atoms with Crippen molar-refractivity contribution in [1.29, 1.82) is 0 Å². The van der Waals surface area contributed by atoms with Gasteiger partial charge in [-0.1, -0.05) is 38.3 Å². The molecule has 0 radical (unpaired) electrons. The first kappa shape index (κ1) is 19.8. The second-order valence-electron chi connectivity index (χ2n) is 5.79. The third-order valence-electron chi connectivity index (χ3n) is 3.69. The van der Waals surface area contributed by atoms with E-state index in [0.29, 0.717) is 11.6 Å². The molecule has 1 rings (SSSR count). The summed E-state index contributed by atoms with van der Waals surface area (Å²) in [4.78, 5) is 14.3. The number of hydrogen-bond acceptors (Lipinski definition) is 2. The fourth-order valence-corrected chi connectivity index (χ4v) is 2.44. The van der Waals surface area contributed by atoms with Gasteiger partial charge in [0.25, 0.3) is 0 Å². The molecule has 1 aromatic carbocycles. The Hall–Kier alpha value is -1.26. The van der Waals surface area contributed by atoms with Crippen molar-refractivity contribution in [2.24, 2.45) is 0 Å². The zero-order chi connectivity index (χ0) is 16.9. The Morgan fingerprint density at radius 3 is 2.13 bits per heavy atom. The molecule has 0 fully saturated rings. The molecule has 0 unspecified atom stereocenters. The highest BCUT2D eigenvalue weighted by atomic mass is 35.5. The summed E-state index contributed by atoms with van der Waals surface area (Å²) in [5.41, 5.74) is 0.749. The largest absolute Gasteiger partial charge is 0.338 e. The lowest BCUT2D eigenvalue weighted by molar-refractivity contribution is 0.246. The summed E-state index contributed by atoms with van der Waals surface area (Å²) in [5, 5.41) is 6.37. The van der Waals surface area contributed by atoms with Gasteiger partial charge >= 0.3 is 6.03 Å². The number of nitrogens with one attached hydrogen (secondary N) is 2. The maximum atomic E-state index is 11.8. The summed E-state index contributed by atoms with van der Waals surface area (Å²) >= 11 is 5.82. The number of amides is 2. The van der Waals surface area contributed by atoms with Crippen LogP contribution in [-0.2, 0) is 0 Å². The van der Waals surface area contributed by atoms with Crippen molar-refractivity contribution in [3.63, 3.8) is 0 Å². The average molecular weight is 340 g/mol. The van der Waals surface area contributed by atoms with Gasteiger partial charge < -0.3 is 15.5 Å². The summed E-state index contributed by atoms with van der Waals surface area (Å²) in [6.45, 7) is 8.50. The number of urea groups is 1. The number of benzene rings is 1. The van der Waals surface area contributed by atoms with Gasteiger partial charge in [0.2, 0.25) is 0 Å². The van der Waals surface area contributed by atoms with E-state index in [-0.39, 0.29) is 6.03 Å². The van der Waals surface area contributed by atoms with E-state index in [4.69, 9.17) is 11.6 Å². The average Bonchev–Trinajstić information content (AvgIpc) is 2.55. The lowest BCUT2D eigenvalue weighted by atomic mass is 10.2. The number of nitrogens with zero attached hydrogens (tertiary/aromatic N) is 1. The molecule has 2 N–H and O–H groups in total. The number of halogens is 1. The summed E-state index contributed by atoms with van der Waals surface area (Å²) in [6, 6.07) is 6.94. The Balaban J connectivity index is 2.20. The zero-order valence-electron chi connectivity index (χ0n) is 14.4. The van der Waals surface area contributed by atoms with Crippen LogP contribution in [0.4, 0.5) is 10.5 Å². The van der Waals surface area contributed by atoms with Crippen molar-refractivity contribution < 1.29 is 4.79 Å². The minimum atomic E-state index is -0.166. The maximum Gasteiger partial charge on any atom is 0.319 e. The number of unbranched alkanes of at least 4 members (excludes halogenated alkanes) is 2. The van der Waals surface area contributed by atoms with Crippen LogP contribution in [0.3, 0.4) is 0 Å². The molecule has 2 amide bonds. The van der Waals surface area contributed by atoms with Crippen LogP contribution in [0.1, 0.15) is 46.0 Å². The normalized spacial score (nSPS) is 10.8. The fraction of sp³-hybridized carbons (Fsp3) is 0.611. The predicted octanol–water partition coefficient (Wildman–Crippen LogP) is 4.75. The minimum Gasteiger partial charge on any atom is -0.338 e. The second-order valence-corrected chi connectivity index (χ2v) is 6.23. The van der Waals surface area contributed by atoms with Crippen molar-refractivity contribution in [2.45, 2.75) is 46.0 Å². The van der Waals surface area contributed by atoms with E-state index in [1.54, 1.807) is 24.3 Å². The van der Waals surface area contributed by atoms with Gasteiger partial charge in [0.1, 0.15) is 0 Å². The molecule has 0 saturated carbocycles. The Morgan fingerprint density at radius 2 is 1.57 bits per heavy atom. The van der Waals surface area contributed by atoms with Crippen LogP contribution in [0.5, 0.6) is 0 Å². The van der Waals surface area contributed by atoms with Gasteiger partial charge in [-0.3, -0.25) is 0 Å². The molecule has 0 aromatic heterocycles. The Labute approximate surface area is 145 Å². The smallest absolute Gasteiger partial charge is 0.319 e. The Kier molecular flexibility index (Phi) is 10.5. The maximum absolute atomic E-state index is 11.8. The highest BCUT2D eigenvalue weighted by molar-refractivity contribution is 6.30. The van der Waals surface area contributed by atoms with Crippen molar-refractivity contribution in [3.05, 3.63) is 29.3 Å². The van der Waals surface area contributed by atoms with E-state index in [1.807, 2.05) is 0 Å². The Morgan fingerprint density at radius 1 is 1.00 bits per heavy atom. The number of anilines is 1. The standard InChI is InChI=1S/C18H30ClN3O/c1-3-5-13-22(14-6-4-2)15-7-12-20-18(23)21-17-10-8-16(19)9-11-17/h8-11H,3-7,12-15H2,1-2H3,(H2,20,21,23). The summed E-state index contributed by atoms with van der Waals surface area (Å²) in [6.07, 6.45) is 5.92. The molecule has 0 atom stereocenters. The number of carbonyl (C=O) groups is 1. The van der Waals surface area contributed by atoms with Crippen LogP contribution in [0.2, 0.25) is 5.02 Å². The first-order chi connectivity index (χ1) is 11.2. The van der Waals surface area contributed by atoms with Crippen LogP contribution >= 0.6 is 11.6 Å². The van der Waals surface area contributed by atoms with E-state index >= 15 is 0 Å². The zero-order valence-corrected chi connectivity index (χ0v) is 15.2. The van der Waals surface area contributed by atoms with Crippen LogP contribution in [-0.4, -0.2) is 37.1 Å². The molecule has 23 heavy (non-hydrogen) atoms. The number of hydrogen-bond donors (Lipinski definition) is 2. The molecule has 0 heterocycles. The topological polar surface area (TPSA) is 44.4 Å². The molecule has 1 aromatic rings. The van der Waals surface area contributed by atoms with E-state index < -0.39 is 0 Å². The van der Waals surface area contributed by atoms with Gasteiger partial charge in [-0.25, -0.2) is 4.79 Å². The predicted molar refractivity (Wildman–Crippen MR) is 99.3 cm³/mol. The molecule has 0 bridgehead atoms. The highest BCUT2D eigenvalue weighted by Gasteiger charge is 2.05. The van der Waals surface area contributed by atoms with Crippen molar-refractivity contribution in [1.82, 2.24) is 10.2 Å². The van der Waals surface area contributed by atoms with Gasteiger partial charge in [-0.15, -0.1) is 0 Å². The second kappa shape index (κ2) is 12.2. The lowest BCUT2D eigenvalue weighted by Gasteiger charge is -2.21. The van der Waals surface area contributed by atoms with Gasteiger partial charge in [-0.05, 0) is 63.2 Å². The van der Waals surface area contributed by atoms with Crippen LogP contribution in [0, 0.1) is 0 Å². The van der Waals surface area contributed by atoms with Crippen LogP contribution < -0.4 is 10.6 Å². The van der Waals surface area contributed by atoms with Crippen molar-refractivity contribution in [2.75, 3.05) is 31.5 Å². The van der Waals surface area contributed by atoms with Gasteiger partial charge in [0.15, 0.2) is 0 Å². The molecular formula is C18H30ClN3O. The molecule has 4 nitrogen and oxygen atoms in total. The molecular weight excluding hydrogens is 310 g/mol. The molecule has 0 aliphatic carbocycles. The summed E-state index contributed by atoms with van der Waals surface area (Å²) in [5.74, 6) is 0. The minimum absolute atomic E-state index is 0.166. The molecule has 5 heteroatoms. The molecule has 0 aliphatic heterocycles. The van der Waals surface area contributed by atoms with E-state index in [1.165, 1.54) is 25.7 Å². The lowest BCUT2D eigenvalue weighted by Crippen LogP contribution is -2.33. The first-order valence-electron chi connectivity index (χ1n) is 8.68. The molecule has 130 valence electrons. The fourth-order valence-electron chi connectivity index (χ4n) is 2.31. The quantitative estimate of drug-likeness (QED) is 0.571. The Bertz CT molecular complexity index is 428. The van der Waals surface area contributed by atoms with Gasteiger partial charge in [0, 0.05) is 17.3 Å². The van der Waals surface area contributed by atoms with Crippen molar-refractivity contribution in [3.8, 4) is 0 Å². The number of carbonyl (C=O) groups excluding carboxylic acids is 1. The van der Waals surface area contributed by atoms with E-state index in [2.05, 4.69) is 29.4 Å². The SMILES string of the molecule is CCCCN(CCCC)CCCNC(=O)Nc1ccc(Cl)cc1. The summed E-state index contributed by atoms with van der Waals surface area (Å²) < 4.78 is 0. The summed E-state index contributed by atoms with van der Waals surface area (Å²) in [7, 11) is 0. The van der Waals surface area contributed by atoms with Crippen LogP contribution in [0.15, 0.2) is 24.3 Å². The third kappa shape index (κ3) is 9.47. The van der Waals surface area contributed by atoms with Gasteiger partial charge in [-0.2, -0.15) is 0 Å². The highest BCUT2D eigenvalue weighted by Crippen LogP contribution is 2.13. The van der Waals surface area contributed by atoms with Crippen LogP contribution in [0.25, 0.3) is 0 Å². The first-order valence-corrected chi connectivity index (χ1v) is 9.06.